The van der Waals surface area contributed by atoms with E-state index in [4.69, 9.17) is 4.74 Å². The molecule has 3 rings (SSSR count). The molecular weight excluding hydrogens is 270 g/mol. The molecule has 1 aliphatic rings. The van der Waals surface area contributed by atoms with Crippen LogP contribution in [-0.4, -0.2) is 37.1 Å². The molecule has 0 amide bonds. The van der Waals surface area contributed by atoms with Gasteiger partial charge in [-0.25, -0.2) is 14.5 Å². The van der Waals surface area contributed by atoms with Gasteiger partial charge in [-0.1, -0.05) is 18.1 Å². The minimum absolute atomic E-state index is 0.271. The third-order valence-corrected chi connectivity index (χ3v) is 3.89. The van der Waals surface area contributed by atoms with E-state index in [0.717, 1.165) is 18.5 Å². The third-order valence-electron chi connectivity index (χ3n) is 3.89. The summed E-state index contributed by atoms with van der Waals surface area (Å²) < 4.78 is 8.84. The van der Waals surface area contributed by atoms with Gasteiger partial charge in [-0.05, 0) is 19.8 Å². The Morgan fingerprint density at radius 3 is 2.81 bits per heavy atom. The number of imidazole rings is 1. The van der Waals surface area contributed by atoms with Gasteiger partial charge in [0.15, 0.2) is 5.69 Å². The quantitative estimate of drug-likeness (QED) is 0.804. The molecule has 0 aromatic carbocycles. The van der Waals surface area contributed by atoms with Crippen LogP contribution in [0.1, 0.15) is 49.1 Å². The summed E-state index contributed by atoms with van der Waals surface area (Å²) in [6.45, 7) is 2.10. The molecule has 0 unspecified atom stereocenters. The molecular formula is C14H19N5O2. The second-order valence-electron chi connectivity index (χ2n) is 5.28. The number of carbonyl (C=O) groups excluding carboxylic acids is 1. The molecule has 7 nitrogen and oxygen atoms in total. The van der Waals surface area contributed by atoms with E-state index in [-0.39, 0.29) is 5.69 Å². The van der Waals surface area contributed by atoms with Gasteiger partial charge in [0, 0.05) is 7.05 Å². The predicted molar refractivity (Wildman–Crippen MR) is 75.7 cm³/mol. The van der Waals surface area contributed by atoms with Crippen molar-refractivity contribution in [2.75, 3.05) is 6.61 Å². The van der Waals surface area contributed by atoms with E-state index in [2.05, 4.69) is 15.3 Å². The summed E-state index contributed by atoms with van der Waals surface area (Å²) in [4.78, 5) is 16.3. The van der Waals surface area contributed by atoms with Crippen LogP contribution in [0.25, 0.3) is 11.4 Å². The fraction of sp³-hybridized carbons (Fsp3) is 0.571. The van der Waals surface area contributed by atoms with Crippen LogP contribution in [0.4, 0.5) is 0 Å². The van der Waals surface area contributed by atoms with Crippen molar-refractivity contribution in [2.24, 2.45) is 7.05 Å². The van der Waals surface area contributed by atoms with Gasteiger partial charge < -0.3 is 9.30 Å². The number of hydrogen-bond acceptors (Lipinski definition) is 5. The molecule has 1 fully saturated rings. The number of aromatic nitrogens is 5. The molecule has 0 saturated heterocycles. The number of aryl methyl sites for hydroxylation is 1. The van der Waals surface area contributed by atoms with Crippen molar-refractivity contribution in [3.8, 4) is 11.4 Å². The zero-order valence-electron chi connectivity index (χ0n) is 12.3. The van der Waals surface area contributed by atoms with Crippen LogP contribution in [0.15, 0.2) is 12.5 Å². The monoisotopic (exact) mass is 289 g/mol. The molecule has 0 radical (unpaired) electrons. The lowest BCUT2D eigenvalue weighted by Crippen LogP contribution is -2.12. The van der Waals surface area contributed by atoms with Crippen LogP contribution in [0, 0.1) is 0 Å². The Morgan fingerprint density at radius 1 is 1.43 bits per heavy atom. The Hall–Kier alpha value is -2.18. The van der Waals surface area contributed by atoms with Crippen LogP contribution in [-0.2, 0) is 11.8 Å². The van der Waals surface area contributed by atoms with E-state index in [1.54, 1.807) is 19.4 Å². The summed E-state index contributed by atoms with van der Waals surface area (Å²) in [6, 6.07) is 0.297. The number of rotatable bonds is 4. The van der Waals surface area contributed by atoms with Crippen molar-refractivity contribution in [1.82, 2.24) is 24.5 Å². The van der Waals surface area contributed by atoms with Crippen molar-refractivity contribution in [1.29, 1.82) is 0 Å². The van der Waals surface area contributed by atoms with Gasteiger partial charge >= 0.3 is 5.97 Å². The first kappa shape index (κ1) is 13.8. The van der Waals surface area contributed by atoms with Gasteiger partial charge in [0.2, 0.25) is 0 Å². The maximum atomic E-state index is 12.1. The smallest absolute Gasteiger partial charge is 0.361 e. The standard InChI is InChI=1S/C14H19N5O2/c1-3-21-14(20)12-13(11-8-15-9-18(11)2)19(17-16-12)10-6-4-5-7-10/h8-10H,3-7H2,1-2H3. The number of carbonyl (C=O) groups is 1. The zero-order chi connectivity index (χ0) is 14.8. The maximum absolute atomic E-state index is 12.1. The Balaban J connectivity index is 2.09. The summed E-state index contributed by atoms with van der Waals surface area (Å²) in [6.07, 6.45) is 7.93. The highest BCUT2D eigenvalue weighted by Gasteiger charge is 2.29. The number of nitrogens with zero attached hydrogens (tertiary/aromatic N) is 5. The number of hydrogen-bond donors (Lipinski definition) is 0. The summed E-state index contributed by atoms with van der Waals surface area (Å²) >= 11 is 0. The topological polar surface area (TPSA) is 74.8 Å². The minimum Gasteiger partial charge on any atom is -0.461 e. The van der Waals surface area contributed by atoms with Gasteiger partial charge in [-0.3, -0.25) is 0 Å². The lowest BCUT2D eigenvalue weighted by molar-refractivity contribution is 0.0520. The lowest BCUT2D eigenvalue weighted by atomic mass is 10.2. The van der Waals surface area contributed by atoms with Gasteiger partial charge in [0.25, 0.3) is 0 Å². The average Bonchev–Trinajstić information content (AvgIpc) is 3.17. The molecule has 21 heavy (non-hydrogen) atoms. The Morgan fingerprint density at radius 2 is 2.19 bits per heavy atom. The molecule has 0 bridgehead atoms. The lowest BCUT2D eigenvalue weighted by Gasteiger charge is -2.13. The summed E-state index contributed by atoms with van der Waals surface area (Å²) in [5.74, 6) is -0.432. The first-order valence-electron chi connectivity index (χ1n) is 7.31. The number of esters is 1. The Bertz CT molecular complexity index is 640. The van der Waals surface area contributed by atoms with E-state index in [1.807, 2.05) is 16.3 Å². The molecule has 112 valence electrons. The van der Waals surface area contributed by atoms with Crippen LogP contribution >= 0.6 is 0 Å². The molecule has 0 N–H and O–H groups in total. The Labute approximate surface area is 122 Å². The second-order valence-corrected chi connectivity index (χ2v) is 5.28. The van der Waals surface area contributed by atoms with Gasteiger partial charge in [0.1, 0.15) is 5.69 Å². The van der Waals surface area contributed by atoms with Gasteiger partial charge in [-0.15, -0.1) is 5.10 Å². The normalized spacial score (nSPS) is 15.5. The highest BCUT2D eigenvalue weighted by molar-refractivity contribution is 5.93. The van der Waals surface area contributed by atoms with Crippen molar-refractivity contribution >= 4 is 5.97 Å². The van der Waals surface area contributed by atoms with E-state index >= 15 is 0 Å². The fourth-order valence-corrected chi connectivity index (χ4v) is 2.86. The molecule has 7 heteroatoms. The highest BCUT2D eigenvalue weighted by Crippen LogP contribution is 2.33. The van der Waals surface area contributed by atoms with Crippen LogP contribution in [0.2, 0.25) is 0 Å². The molecule has 1 saturated carbocycles. The summed E-state index contributed by atoms with van der Waals surface area (Å²) in [5.41, 5.74) is 1.81. The Kier molecular flexibility index (Phi) is 3.72. The van der Waals surface area contributed by atoms with E-state index in [1.165, 1.54) is 12.8 Å². The van der Waals surface area contributed by atoms with E-state index < -0.39 is 5.97 Å². The first-order valence-corrected chi connectivity index (χ1v) is 7.31. The molecule has 2 aromatic heterocycles. The van der Waals surface area contributed by atoms with Crippen molar-refractivity contribution in [3.63, 3.8) is 0 Å². The third kappa shape index (κ3) is 2.43. The van der Waals surface area contributed by atoms with Crippen LogP contribution < -0.4 is 0 Å². The van der Waals surface area contributed by atoms with Crippen LogP contribution in [0.3, 0.4) is 0 Å². The predicted octanol–water partition coefficient (Wildman–Crippen LogP) is 1.97. The molecule has 0 atom stereocenters. The zero-order valence-corrected chi connectivity index (χ0v) is 12.3. The minimum atomic E-state index is -0.432. The summed E-state index contributed by atoms with van der Waals surface area (Å²) in [5, 5.41) is 8.30. The van der Waals surface area contributed by atoms with Crippen molar-refractivity contribution in [3.05, 3.63) is 18.2 Å². The maximum Gasteiger partial charge on any atom is 0.361 e. The SMILES string of the molecule is CCOC(=O)c1nnn(C2CCCC2)c1-c1cncn1C. The first-order chi connectivity index (χ1) is 10.2. The van der Waals surface area contributed by atoms with Crippen LogP contribution in [0.5, 0.6) is 0 Å². The highest BCUT2D eigenvalue weighted by atomic mass is 16.5. The summed E-state index contributed by atoms with van der Waals surface area (Å²) in [7, 11) is 1.89. The largest absolute Gasteiger partial charge is 0.461 e. The van der Waals surface area contributed by atoms with Crippen molar-refractivity contribution in [2.45, 2.75) is 38.6 Å². The van der Waals surface area contributed by atoms with Gasteiger partial charge in [-0.2, -0.15) is 0 Å². The molecule has 2 heterocycles. The average molecular weight is 289 g/mol. The molecule has 1 aliphatic carbocycles. The number of ether oxygens (including phenoxy) is 1. The van der Waals surface area contributed by atoms with E-state index in [9.17, 15) is 4.79 Å². The van der Waals surface area contributed by atoms with Gasteiger partial charge in [0.05, 0.1) is 30.9 Å². The van der Waals surface area contributed by atoms with Crippen molar-refractivity contribution < 1.29 is 9.53 Å². The molecule has 0 aliphatic heterocycles. The second kappa shape index (κ2) is 5.67. The molecule has 2 aromatic rings. The fourth-order valence-electron chi connectivity index (χ4n) is 2.86. The van der Waals surface area contributed by atoms with E-state index in [0.29, 0.717) is 18.3 Å². The molecule has 0 spiro atoms.